The Morgan fingerprint density at radius 2 is 1.30 bits per heavy atom. The molecule has 0 spiro atoms. The van der Waals surface area contributed by atoms with Crippen LogP contribution in [0.25, 0.3) is 0 Å². The van der Waals surface area contributed by atoms with Crippen LogP contribution in [0.2, 0.25) is 0 Å². The third-order valence-corrected chi connectivity index (χ3v) is 6.63. The second-order valence-electron chi connectivity index (χ2n) is 9.38. The van der Waals surface area contributed by atoms with E-state index in [0.717, 1.165) is 5.56 Å². The molecule has 40 heavy (non-hydrogen) atoms. The minimum absolute atomic E-state index is 0.293. The van der Waals surface area contributed by atoms with Crippen molar-refractivity contribution in [2.75, 3.05) is 66.1 Å². The number of benzene rings is 2. The fourth-order valence-corrected chi connectivity index (χ4v) is 4.79. The van der Waals surface area contributed by atoms with Crippen molar-refractivity contribution in [3.8, 4) is 11.5 Å². The Kier molecular flexibility index (Phi) is 11.2. The molecule has 1 unspecified atom stereocenters. The minimum atomic E-state index is -0.704. The van der Waals surface area contributed by atoms with Gasteiger partial charge in [-0.3, -0.25) is 0 Å². The molecule has 0 aromatic heterocycles. The van der Waals surface area contributed by atoms with Crippen LogP contribution < -0.4 is 9.47 Å². The Morgan fingerprint density at radius 3 is 1.98 bits per heavy atom. The van der Waals surface area contributed by atoms with Gasteiger partial charge in [0.2, 0.25) is 0 Å². The van der Waals surface area contributed by atoms with Gasteiger partial charge in [-0.15, -0.1) is 6.58 Å². The lowest BCUT2D eigenvalue weighted by Gasteiger charge is -2.48. The van der Waals surface area contributed by atoms with Crippen LogP contribution >= 0.6 is 0 Å². The molecular formula is C30H38O10. The summed E-state index contributed by atoms with van der Waals surface area (Å²) >= 11 is 0. The highest BCUT2D eigenvalue weighted by molar-refractivity contribution is 5.39. The maximum Gasteiger partial charge on any atom is 0.187 e. The van der Waals surface area contributed by atoms with Crippen LogP contribution in [0.3, 0.4) is 0 Å². The quantitative estimate of drug-likeness (QED) is 0.521. The molecule has 0 aliphatic carbocycles. The molecule has 2 fully saturated rings. The van der Waals surface area contributed by atoms with Crippen LogP contribution in [0.5, 0.6) is 11.5 Å². The van der Waals surface area contributed by atoms with E-state index < -0.39 is 37.0 Å². The van der Waals surface area contributed by atoms with E-state index >= 15 is 0 Å². The summed E-state index contributed by atoms with van der Waals surface area (Å²) in [6.07, 6.45) is -1.52. The highest BCUT2D eigenvalue weighted by Gasteiger charge is 2.51. The van der Waals surface area contributed by atoms with Gasteiger partial charge in [0, 0.05) is 5.56 Å². The van der Waals surface area contributed by atoms with Gasteiger partial charge in [0.15, 0.2) is 24.1 Å². The Labute approximate surface area is 234 Å². The van der Waals surface area contributed by atoms with Crippen LogP contribution in [0.15, 0.2) is 67.3 Å². The summed E-state index contributed by atoms with van der Waals surface area (Å²) in [7, 11) is 0. The van der Waals surface area contributed by atoms with Gasteiger partial charge in [0.25, 0.3) is 0 Å². The maximum atomic E-state index is 6.43. The number of ether oxygens (including phenoxy) is 10. The van der Waals surface area contributed by atoms with E-state index in [9.17, 15) is 0 Å². The summed E-state index contributed by atoms with van der Waals surface area (Å²) in [6.45, 7) is 7.25. The van der Waals surface area contributed by atoms with Crippen LogP contribution in [0.4, 0.5) is 0 Å². The molecule has 2 aromatic carbocycles. The summed E-state index contributed by atoms with van der Waals surface area (Å²) in [4.78, 5) is 0. The molecule has 3 aliphatic rings. The largest absolute Gasteiger partial charge is 0.487 e. The molecule has 0 amide bonds. The third-order valence-electron chi connectivity index (χ3n) is 6.63. The molecular weight excluding hydrogens is 520 g/mol. The van der Waals surface area contributed by atoms with Gasteiger partial charge >= 0.3 is 0 Å². The highest BCUT2D eigenvalue weighted by Crippen LogP contribution is 2.36. The fourth-order valence-electron chi connectivity index (χ4n) is 4.79. The molecule has 0 N–H and O–H groups in total. The molecule has 3 heterocycles. The van der Waals surface area contributed by atoms with E-state index in [1.54, 1.807) is 6.08 Å². The van der Waals surface area contributed by atoms with Gasteiger partial charge in [-0.05, 0) is 12.1 Å². The zero-order valence-electron chi connectivity index (χ0n) is 22.6. The molecule has 0 bridgehead atoms. The Balaban J connectivity index is 1.28. The van der Waals surface area contributed by atoms with Gasteiger partial charge in [-0.25, -0.2) is 0 Å². The average molecular weight is 559 g/mol. The lowest BCUT2D eigenvalue weighted by molar-refractivity contribution is -0.369. The number of hydrogen-bond acceptors (Lipinski definition) is 10. The van der Waals surface area contributed by atoms with E-state index in [1.807, 2.05) is 54.6 Å². The summed E-state index contributed by atoms with van der Waals surface area (Å²) in [5, 5.41) is 0. The number of para-hydroxylation sites is 2. The summed E-state index contributed by atoms with van der Waals surface area (Å²) in [5.74, 6) is 1.33. The summed E-state index contributed by atoms with van der Waals surface area (Å²) in [5.41, 5.74) is 0.921. The zero-order valence-corrected chi connectivity index (χ0v) is 22.6. The predicted molar refractivity (Wildman–Crippen MR) is 143 cm³/mol. The minimum Gasteiger partial charge on any atom is -0.487 e. The molecule has 10 heteroatoms. The fraction of sp³-hybridized carbons (Fsp3) is 0.533. The van der Waals surface area contributed by atoms with Crippen molar-refractivity contribution in [3.63, 3.8) is 0 Å². The Bertz CT molecular complexity index is 1020. The van der Waals surface area contributed by atoms with E-state index in [-0.39, 0.29) is 0 Å². The lowest BCUT2D eigenvalue weighted by Crippen LogP contribution is -2.64. The van der Waals surface area contributed by atoms with Crippen molar-refractivity contribution in [2.45, 2.75) is 37.0 Å². The highest BCUT2D eigenvalue weighted by atomic mass is 16.8. The van der Waals surface area contributed by atoms with Crippen molar-refractivity contribution in [2.24, 2.45) is 0 Å². The Hall–Kier alpha value is -2.54. The number of fused-ring (bicyclic) bond motifs is 4. The van der Waals surface area contributed by atoms with E-state index in [4.69, 9.17) is 47.4 Å². The van der Waals surface area contributed by atoms with E-state index in [2.05, 4.69) is 6.58 Å². The molecule has 3 aliphatic heterocycles. The van der Waals surface area contributed by atoms with Crippen molar-refractivity contribution in [3.05, 3.63) is 72.8 Å². The first-order chi connectivity index (χ1) is 19.8. The molecule has 0 saturated carbocycles. The molecule has 10 nitrogen and oxygen atoms in total. The maximum absolute atomic E-state index is 6.43. The number of rotatable bonds is 4. The normalized spacial score (nSPS) is 30.6. The monoisotopic (exact) mass is 558 g/mol. The smallest absolute Gasteiger partial charge is 0.187 e. The van der Waals surface area contributed by atoms with Crippen molar-refractivity contribution >= 4 is 0 Å². The number of hydrogen-bond donors (Lipinski definition) is 0. The lowest BCUT2D eigenvalue weighted by atomic mass is 9.97. The zero-order chi connectivity index (χ0) is 27.4. The van der Waals surface area contributed by atoms with Gasteiger partial charge < -0.3 is 47.4 Å². The first kappa shape index (κ1) is 29.0. The SMILES string of the molecule is C=CCO[C@H]1O[C@@H]2COC(c3ccccc3)O[C@H]2[C@@H]2OCCOCCOc3ccccc3OCCOCCO[C@@H]12. The second-order valence-corrected chi connectivity index (χ2v) is 9.38. The predicted octanol–water partition coefficient (Wildman–Crippen LogP) is 3.30. The van der Waals surface area contributed by atoms with E-state index in [0.29, 0.717) is 77.6 Å². The van der Waals surface area contributed by atoms with Crippen LogP contribution in [-0.2, 0) is 37.9 Å². The first-order valence-corrected chi connectivity index (χ1v) is 13.8. The molecule has 6 atom stereocenters. The Morgan fingerprint density at radius 1 is 0.675 bits per heavy atom. The van der Waals surface area contributed by atoms with Gasteiger partial charge in [0.1, 0.15) is 37.6 Å². The third kappa shape index (κ3) is 7.80. The topological polar surface area (TPSA) is 92.3 Å². The summed E-state index contributed by atoms with van der Waals surface area (Å²) < 4.78 is 60.7. The van der Waals surface area contributed by atoms with Gasteiger partial charge in [-0.2, -0.15) is 0 Å². The molecule has 2 saturated heterocycles. The first-order valence-electron chi connectivity index (χ1n) is 13.8. The van der Waals surface area contributed by atoms with Gasteiger partial charge in [0.05, 0.1) is 52.9 Å². The van der Waals surface area contributed by atoms with Crippen LogP contribution in [0.1, 0.15) is 11.9 Å². The van der Waals surface area contributed by atoms with Crippen molar-refractivity contribution in [1.82, 2.24) is 0 Å². The van der Waals surface area contributed by atoms with E-state index in [1.165, 1.54) is 0 Å². The molecule has 0 radical (unpaired) electrons. The van der Waals surface area contributed by atoms with Crippen molar-refractivity contribution < 1.29 is 47.4 Å². The van der Waals surface area contributed by atoms with Crippen LogP contribution in [0, 0.1) is 0 Å². The molecule has 2 aromatic rings. The summed E-state index contributed by atoms with van der Waals surface area (Å²) in [6, 6.07) is 17.3. The molecule has 5 rings (SSSR count). The van der Waals surface area contributed by atoms with Crippen molar-refractivity contribution in [1.29, 1.82) is 0 Å². The standard InChI is InChI=1S/C30H38O10/c1-2-12-37-30-28-27(26-25(39-30)21-38-29(40-26)22-8-4-3-5-9-22)35-19-15-31-13-17-33-23-10-6-7-11-24(23)34-18-14-32-16-20-36-28/h2-11,25-30H,1,12-21H2/t25-,26-,27+,28-,29?,30+/m1/s1. The van der Waals surface area contributed by atoms with Crippen LogP contribution in [-0.4, -0.2) is 96.8 Å². The average Bonchev–Trinajstić information content (AvgIpc) is 3.00. The molecule has 218 valence electrons. The second kappa shape index (κ2) is 15.5. The van der Waals surface area contributed by atoms with Gasteiger partial charge in [-0.1, -0.05) is 48.5 Å².